The topological polar surface area (TPSA) is 64.3 Å². The Hall–Kier alpha value is -1.62. The van der Waals surface area contributed by atoms with Gasteiger partial charge in [0.2, 0.25) is 0 Å². The first-order valence-electron chi connectivity index (χ1n) is 7.34. The average molecular weight is 306 g/mol. The Labute approximate surface area is 131 Å². The first-order chi connectivity index (χ1) is 9.97. The Kier molecular flexibility index (Phi) is 5.17. The lowest BCUT2D eigenvalue weighted by molar-refractivity contribution is 0.0933. The molecule has 0 radical (unpaired) electrons. The highest BCUT2D eigenvalue weighted by atomic mass is 32.1. The number of carbonyl (C=O) groups excluding carboxylic acids is 1. The Morgan fingerprint density at radius 2 is 2.19 bits per heavy atom. The molecule has 0 aliphatic heterocycles. The highest BCUT2D eigenvalue weighted by Gasteiger charge is 2.30. The number of nitrogens with one attached hydrogen (secondary N) is 1. The van der Waals surface area contributed by atoms with Gasteiger partial charge in [-0.15, -0.1) is 0 Å². The van der Waals surface area contributed by atoms with E-state index in [-0.39, 0.29) is 24.0 Å². The van der Waals surface area contributed by atoms with E-state index in [0.29, 0.717) is 16.3 Å². The predicted octanol–water partition coefficient (Wildman–Crippen LogP) is 2.66. The highest BCUT2D eigenvalue weighted by Crippen LogP contribution is 2.26. The lowest BCUT2D eigenvalue weighted by Crippen LogP contribution is -2.41. The van der Waals surface area contributed by atoms with Crippen molar-refractivity contribution in [1.29, 1.82) is 0 Å². The second kappa shape index (κ2) is 6.89. The monoisotopic (exact) mass is 306 g/mol. The van der Waals surface area contributed by atoms with E-state index in [0.717, 1.165) is 19.3 Å². The summed E-state index contributed by atoms with van der Waals surface area (Å²) in [6, 6.07) is 7.27. The molecule has 1 aliphatic carbocycles. The van der Waals surface area contributed by atoms with Crippen molar-refractivity contribution < 1.29 is 9.53 Å². The smallest absolute Gasteiger partial charge is 0.251 e. The lowest BCUT2D eigenvalue weighted by Gasteiger charge is -2.20. The summed E-state index contributed by atoms with van der Waals surface area (Å²) < 4.78 is 5.61. The number of amides is 1. The lowest BCUT2D eigenvalue weighted by atomic mass is 10.0. The van der Waals surface area contributed by atoms with Gasteiger partial charge in [-0.2, -0.15) is 0 Å². The van der Waals surface area contributed by atoms with Gasteiger partial charge in [0.05, 0.1) is 11.1 Å². The Morgan fingerprint density at radius 1 is 1.43 bits per heavy atom. The molecule has 0 bridgehead atoms. The third-order valence-electron chi connectivity index (χ3n) is 3.67. The number of carbonyl (C=O) groups is 1. The molecule has 2 atom stereocenters. The molecule has 1 aromatic rings. The van der Waals surface area contributed by atoms with Crippen LogP contribution in [0.1, 0.15) is 43.5 Å². The minimum Gasteiger partial charge on any atom is -0.491 e. The summed E-state index contributed by atoms with van der Waals surface area (Å²) in [6.07, 6.45) is 3.01. The molecule has 0 aromatic heterocycles. The van der Waals surface area contributed by atoms with E-state index in [2.05, 4.69) is 5.32 Å². The summed E-state index contributed by atoms with van der Waals surface area (Å²) in [5, 5.41) is 3.05. The van der Waals surface area contributed by atoms with Gasteiger partial charge in [-0.05, 0) is 44.9 Å². The van der Waals surface area contributed by atoms with Crippen molar-refractivity contribution in [3.8, 4) is 5.75 Å². The molecular formula is C16H22N2O2S. The zero-order valence-electron chi connectivity index (χ0n) is 12.5. The Bertz CT molecular complexity index is 531. The minimum atomic E-state index is -0.0997. The molecule has 0 heterocycles. The summed E-state index contributed by atoms with van der Waals surface area (Å²) in [5.74, 6) is 0.714. The van der Waals surface area contributed by atoms with Crippen molar-refractivity contribution in [2.24, 2.45) is 11.7 Å². The quantitative estimate of drug-likeness (QED) is 0.821. The van der Waals surface area contributed by atoms with Crippen molar-refractivity contribution in [3.63, 3.8) is 0 Å². The van der Waals surface area contributed by atoms with E-state index in [4.69, 9.17) is 22.7 Å². The average Bonchev–Trinajstić information content (AvgIpc) is 2.86. The van der Waals surface area contributed by atoms with Crippen LogP contribution in [0.2, 0.25) is 0 Å². The third kappa shape index (κ3) is 4.17. The van der Waals surface area contributed by atoms with Gasteiger partial charge in [0, 0.05) is 17.5 Å². The zero-order chi connectivity index (χ0) is 15.4. The summed E-state index contributed by atoms with van der Waals surface area (Å²) in [6.45, 7) is 3.91. The van der Waals surface area contributed by atoms with E-state index in [9.17, 15) is 4.79 Å². The molecular weight excluding hydrogens is 284 g/mol. The number of hydrogen-bond acceptors (Lipinski definition) is 3. The number of nitrogens with two attached hydrogens (primary N) is 1. The number of rotatable bonds is 5. The van der Waals surface area contributed by atoms with Gasteiger partial charge in [-0.1, -0.05) is 24.7 Å². The van der Waals surface area contributed by atoms with Crippen LogP contribution in [0.4, 0.5) is 0 Å². The predicted molar refractivity (Wildman–Crippen MR) is 87.6 cm³/mol. The van der Waals surface area contributed by atoms with Gasteiger partial charge in [-0.3, -0.25) is 4.79 Å². The van der Waals surface area contributed by atoms with E-state index < -0.39 is 0 Å². The van der Waals surface area contributed by atoms with E-state index in [1.807, 2.05) is 26.0 Å². The van der Waals surface area contributed by atoms with Crippen LogP contribution in [0.5, 0.6) is 5.75 Å². The summed E-state index contributed by atoms with van der Waals surface area (Å²) in [4.78, 5) is 12.9. The second-order valence-electron chi connectivity index (χ2n) is 5.71. The van der Waals surface area contributed by atoms with Crippen molar-refractivity contribution in [3.05, 3.63) is 29.8 Å². The normalized spacial score (nSPS) is 21.3. The van der Waals surface area contributed by atoms with Gasteiger partial charge in [-0.25, -0.2) is 0 Å². The third-order valence-corrected chi connectivity index (χ3v) is 3.97. The second-order valence-corrected chi connectivity index (χ2v) is 6.19. The van der Waals surface area contributed by atoms with Gasteiger partial charge in [0.1, 0.15) is 5.75 Å². The van der Waals surface area contributed by atoms with Crippen LogP contribution in [-0.2, 0) is 0 Å². The molecule has 5 heteroatoms. The van der Waals surface area contributed by atoms with Crippen molar-refractivity contribution in [2.75, 3.05) is 0 Å². The molecule has 2 unspecified atom stereocenters. The van der Waals surface area contributed by atoms with Gasteiger partial charge in [0.25, 0.3) is 5.91 Å². The minimum absolute atomic E-state index is 0.0460. The number of thiocarbonyl (C=S) groups is 1. The molecule has 114 valence electrons. The molecule has 4 nitrogen and oxygen atoms in total. The Balaban J connectivity index is 2.04. The molecule has 1 amide bonds. The fourth-order valence-electron chi connectivity index (χ4n) is 2.71. The van der Waals surface area contributed by atoms with Gasteiger partial charge < -0.3 is 15.8 Å². The maximum Gasteiger partial charge on any atom is 0.251 e. The van der Waals surface area contributed by atoms with Gasteiger partial charge in [0.15, 0.2) is 0 Å². The fraction of sp³-hybridized carbons (Fsp3) is 0.500. The van der Waals surface area contributed by atoms with Crippen LogP contribution in [0.15, 0.2) is 24.3 Å². The fourth-order valence-corrected chi connectivity index (χ4v) is 2.99. The standard InChI is InChI=1S/C16H22N2O2S/c1-10(2)20-12-6-3-5-11(9-12)16(19)18-14-8-4-7-13(14)15(17)21/h3,5-6,9-10,13-14H,4,7-8H2,1-2H3,(H2,17,21)(H,18,19). The summed E-state index contributed by atoms with van der Waals surface area (Å²) in [5.41, 5.74) is 6.34. The molecule has 2 rings (SSSR count). The molecule has 3 N–H and O–H groups in total. The van der Waals surface area contributed by atoms with Crippen LogP contribution in [0.3, 0.4) is 0 Å². The van der Waals surface area contributed by atoms with Crippen LogP contribution >= 0.6 is 12.2 Å². The van der Waals surface area contributed by atoms with Crippen molar-refractivity contribution >= 4 is 23.1 Å². The SMILES string of the molecule is CC(C)Oc1cccc(C(=O)NC2CCCC2C(N)=S)c1. The van der Waals surface area contributed by atoms with Crippen LogP contribution in [0, 0.1) is 5.92 Å². The number of hydrogen-bond donors (Lipinski definition) is 2. The van der Waals surface area contributed by atoms with Crippen LogP contribution in [-0.4, -0.2) is 23.0 Å². The molecule has 1 fully saturated rings. The Morgan fingerprint density at radius 3 is 2.86 bits per heavy atom. The first kappa shape index (κ1) is 15.8. The highest BCUT2D eigenvalue weighted by molar-refractivity contribution is 7.80. The van der Waals surface area contributed by atoms with Crippen LogP contribution < -0.4 is 15.8 Å². The number of benzene rings is 1. The van der Waals surface area contributed by atoms with Crippen molar-refractivity contribution in [2.45, 2.75) is 45.3 Å². The maximum atomic E-state index is 12.4. The summed E-state index contributed by atoms with van der Waals surface area (Å²) >= 11 is 5.08. The molecule has 0 spiro atoms. The molecule has 21 heavy (non-hydrogen) atoms. The molecule has 0 saturated heterocycles. The molecule has 1 aromatic carbocycles. The van der Waals surface area contributed by atoms with Crippen LogP contribution in [0.25, 0.3) is 0 Å². The molecule has 1 saturated carbocycles. The number of ether oxygens (including phenoxy) is 1. The first-order valence-corrected chi connectivity index (χ1v) is 7.75. The zero-order valence-corrected chi connectivity index (χ0v) is 13.3. The maximum absolute atomic E-state index is 12.4. The van der Waals surface area contributed by atoms with E-state index >= 15 is 0 Å². The van der Waals surface area contributed by atoms with Crippen molar-refractivity contribution in [1.82, 2.24) is 5.32 Å². The van der Waals surface area contributed by atoms with E-state index in [1.165, 1.54) is 0 Å². The van der Waals surface area contributed by atoms with Gasteiger partial charge >= 0.3 is 0 Å². The summed E-state index contributed by atoms with van der Waals surface area (Å²) in [7, 11) is 0. The molecule has 1 aliphatic rings. The largest absolute Gasteiger partial charge is 0.491 e. The van der Waals surface area contributed by atoms with E-state index in [1.54, 1.807) is 12.1 Å².